The van der Waals surface area contributed by atoms with Gasteiger partial charge in [0.05, 0.1) is 11.1 Å². The molecule has 0 fully saturated rings. The number of carbonyl (C=O) groups excluding carboxylic acids is 2. The summed E-state index contributed by atoms with van der Waals surface area (Å²) in [5, 5.41) is 22.0. The number of phenolic OH excluding ortho intramolecular Hbond substituents is 2. The zero-order valence-corrected chi connectivity index (χ0v) is 15.2. The number of benzene rings is 4. The van der Waals surface area contributed by atoms with Crippen LogP contribution in [-0.4, -0.2) is 28.9 Å². The Morgan fingerprint density at radius 1 is 0.586 bits per heavy atom. The first-order valence-corrected chi connectivity index (χ1v) is 8.82. The molecule has 6 nitrogen and oxygen atoms in total. The molecule has 0 saturated heterocycles. The van der Waals surface area contributed by atoms with Crippen LogP contribution in [0.25, 0.3) is 21.5 Å². The molecule has 0 atom stereocenters. The highest BCUT2D eigenvalue weighted by Gasteiger charge is 2.16. The van der Waals surface area contributed by atoms with Gasteiger partial charge in [-0.1, -0.05) is 48.5 Å². The third-order valence-corrected chi connectivity index (χ3v) is 4.62. The van der Waals surface area contributed by atoms with Gasteiger partial charge in [-0.3, -0.25) is 0 Å². The van der Waals surface area contributed by atoms with E-state index in [1.54, 1.807) is 48.5 Å². The first-order chi connectivity index (χ1) is 14.1. The number of hydrogen-bond acceptors (Lipinski definition) is 6. The lowest BCUT2D eigenvalue weighted by Crippen LogP contribution is -2.13. The Morgan fingerprint density at radius 2 is 0.966 bits per heavy atom. The van der Waals surface area contributed by atoms with E-state index in [1.807, 2.05) is 0 Å². The molecular weight excluding hydrogens is 372 g/mol. The van der Waals surface area contributed by atoms with Gasteiger partial charge in [0.1, 0.15) is 11.5 Å². The van der Waals surface area contributed by atoms with Crippen molar-refractivity contribution in [1.29, 1.82) is 0 Å². The van der Waals surface area contributed by atoms with Crippen LogP contribution in [0.3, 0.4) is 0 Å². The van der Waals surface area contributed by atoms with E-state index in [-0.39, 0.29) is 22.6 Å². The monoisotopic (exact) mass is 388 g/mol. The summed E-state index contributed by atoms with van der Waals surface area (Å²) in [5.41, 5.74) is 0.508. The van der Waals surface area contributed by atoms with Crippen LogP contribution in [0.1, 0.15) is 20.7 Å². The highest BCUT2D eigenvalue weighted by Crippen LogP contribution is 2.29. The minimum absolute atomic E-state index is 0.0581. The Morgan fingerprint density at radius 3 is 1.38 bits per heavy atom. The van der Waals surface area contributed by atoms with Crippen LogP contribution in [0.5, 0.6) is 11.5 Å². The molecule has 0 saturated carbocycles. The molecule has 29 heavy (non-hydrogen) atoms. The lowest BCUT2D eigenvalue weighted by atomic mass is 10.0. The lowest BCUT2D eigenvalue weighted by Gasteiger charge is -2.10. The predicted molar refractivity (Wildman–Crippen MR) is 107 cm³/mol. The van der Waals surface area contributed by atoms with Gasteiger partial charge < -0.3 is 19.7 Å². The summed E-state index contributed by atoms with van der Waals surface area (Å²) in [4.78, 5) is 24.8. The molecule has 4 aromatic carbocycles. The minimum atomic E-state index is -0.676. The van der Waals surface area contributed by atoms with Crippen molar-refractivity contribution in [3.8, 4) is 11.5 Å². The fourth-order valence-electron chi connectivity index (χ4n) is 3.21. The van der Waals surface area contributed by atoms with Crippen LogP contribution < -0.4 is 0 Å². The zero-order chi connectivity index (χ0) is 20.4. The molecule has 6 heteroatoms. The van der Waals surface area contributed by atoms with E-state index in [9.17, 15) is 19.8 Å². The highest BCUT2D eigenvalue weighted by atomic mass is 16.7. The lowest BCUT2D eigenvalue weighted by molar-refractivity contribution is -0.0164. The third kappa shape index (κ3) is 3.43. The number of fused-ring (bicyclic) bond motifs is 2. The molecule has 0 aromatic heterocycles. The summed E-state index contributed by atoms with van der Waals surface area (Å²) >= 11 is 0. The second-order valence-electron chi connectivity index (χ2n) is 6.34. The Kier molecular flexibility index (Phi) is 4.75. The normalized spacial score (nSPS) is 10.8. The van der Waals surface area contributed by atoms with Crippen molar-refractivity contribution in [2.24, 2.45) is 0 Å². The Balaban J connectivity index is 1.49. The van der Waals surface area contributed by atoms with Gasteiger partial charge in [0.2, 0.25) is 6.79 Å². The van der Waals surface area contributed by atoms with Gasteiger partial charge in [0.15, 0.2) is 0 Å². The molecule has 4 rings (SSSR count). The van der Waals surface area contributed by atoms with Crippen LogP contribution in [0, 0.1) is 0 Å². The highest BCUT2D eigenvalue weighted by molar-refractivity contribution is 6.07. The Bertz CT molecular complexity index is 1150. The molecule has 0 bridgehead atoms. The van der Waals surface area contributed by atoms with Crippen molar-refractivity contribution in [3.63, 3.8) is 0 Å². The van der Waals surface area contributed by atoms with E-state index in [1.165, 1.54) is 24.3 Å². The second kappa shape index (κ2) is 7.52. The van der Waals surface area contributed by atoms with E-state index >= 15 is 0 Å². The van der Waals surface area contributed by atoms with Crippen LogP contribution in [0.4, 0.5) is 0 Å². The number of aromatic hydroxyl groups is 2. The molecule has 4 aromatic rings. The van der Waals surface area contributed by atoms with E-state index in [0.29, 0.717) is 21.5 Å². The molecule has 0 spiro atoms. The first kappa shape index (κ1) is 18.3. The number of rotatable bonds is 4. The Labute approximate surface area is 165 Å². The van der Waals surface area contributed by atoms with E-state index < -0.39 is 18.7 Å². The topological polar surface area (TPSA) is 93.1 Å². The van der Waals surface area contributed by atoms with Gasteiger partial charge in [-0.15, -0.1) is 0 Å². The average Bonchev–Trinajstić information content (AvgIpc) is 2.74. The summed E-state index contributed by atoms with van der Waals surface area (Å²) in [6.45, 7) is -0.567. The predicted octanol–water partition coefficient (Wildman–Crippen LogP) is 4.38. The smallest absolute Gasteiger partial charge is 0.341 e. The van der Waals surface area contributed by atoms with Crippen molar-refractivity contribution in [2.75, 3.05) is 6.79 Å². The summed E-state index contributed by atoms with van der Waals surface area (Å²) in [5.74, 6) is -1.24. The second-order valence-corrected chi connectivity index (χ2v) is 6.34. The summed E-state index contributed by atoms with van der Waals surface area (Å²) in [6.07, 6.45) is 0. The quantitative estimate of drug-likeness (QED) is 0.398. The van der Waals surface area contributed by atoms with Gasteiger partial charge in [0.25, 0.3) is 0 Å². The fourth-order valence-corrected chi connectivity index (χ4v) is 3.21. The molecule has 0 aliphatic carbocycles. The molecule has 0 aliphatic rings. The van der Waals surface area contributed by atoms with Crippen molar-refractivity contribution < 1.29 is 29.3 Å². The van der Waals surface area contributed by atoms with Gasteiger partial charge in [0, 0.05) is 10.8 Å². The molecule has 2 N–H and O–H groups in total. The van der Waals surface area contributed by atoms with Crippen LogP contribution in [0.2, 0.25) is 0 Å². The van der Waals surface area contributed by atoms with Crippen molar-refractivity contribution in [3.05, 3.63) is 83.9 Å². The van der Waals surface area contributed by atoms with Crippen LogP contribution in [0.15, 0.2) is 72.8 Å². The summed E-state index contributed by atoms with van der Waals surface area (Å²) in [6, 6.07) is 19.5. The zero-order valence-electron chi connectivity index (χ0n) is 15.2. The maximum atomic E-state index is 12.4. The van der Waals surface area contributed by atoms with Gasteiger partial charge in [-0.25, -0.2) is 9.59 Å². The number of carbonyl (C=O) groups is 2. The van der Waals surface area contributed by atoms with Crippen molar-refractivity contribution in [2.45, 2.75) is 0 Å². The number of hydrogen-bond donors (Lipinski definition) is 2. The van der Waals surface area contributed by atoms with E-state index in [0.717, 1.165) is 0 Å². The third-order valence-electron chi connectivity index (χ3n) is 4.62. The average molecular weight is 388 g/mol. The largest absolute Gasteiger partial charge is 0.507 e. The number of ether oxygens (including phenoxy) is 2. The molecule has 0 unspecified atom stereocenters. The molecule has 0 aliphatic heterocycles. The maximum Gasteiger partial charge on any atom is 0.341 e. The summed E-state index contributed by atoms with van der Waals surface area (Å²) in [7, 11) is 0. The molecule has 144 valence electrons. The van der Waals surface area contributed by atoms with Gasteiger partial charge >= 0.3 is 11.9 Å². The number of phenols is 2. The van der Waals surface area contributed by atoms with E-state index in [4.69, 9.17) is 9.47 Å². The van der Waals surface area contributed by atoms with E-state index in [2.05, 4.69) is 0 Å². The first-order valence-electron chi connectivity index (χ1n) is 8.82. The maximum absolute atomic E-state index is 12.4. The Hall–Kier alpha value is -4.06. The minimum Gasteiger partial charge on any atom is -0.507 e. The summed E-state index contributed by atoms with van der Waals surface area (Å²) < 4.78 is 10.2. The molecular formula is C23H16O6. The van der Waals surface area contributed by atoms with Crippen molar-refractivity contribution in [1.82, 2.24) is 0 Å². The van der Waals surface area contributed by atoms with Crippen LogP contribution in [-0.2, 0) is 9.47 Å². The van der Waals surface area contributed by atoms with Gasteiger partial charge in [-0.05, 0) is 35.0 Å². The number of esters is 2. The standard InChI is InChI=1S/C23H16O6/c24-20-11-9-18(14-5-1-3-7-16(14)20)22(26)28-13-29-23(27)19-10-12-21(25)17-8-4-2-6-15(17)19/h1-12,24-25H,13H2. The van der Waals surface area contributed by atoms with Gasteiger partial charge in [-0.2, -0.15) is 0 Å². The molecule has 0 radical (unpaired) electrons. The van der Waals surface area contributed by atoms with Crippen LogP contribution >= 0.6 is 0 Å². The van der Waals surface area contributed by atoms with Crippen molar-refractivity contribution >= 4 is 33.5 Å². The SMILES string of the molecule is O=C(OCOC(=O)c1ccc(O)c2ccccc12)c1ccc(O)c2ccccc12. The fraction of sp³-hybridized carbons (Fsp3) is 0.0435. The molecule has 0 amide bonds. The molecule has 0 heterocycles.